The SMILES string of the molecule is C=C/C1=C(\C(=C)F)CCCCC(N/C=C(\N)C(/C=C(C)/C(C)=N\N/C(C)=C/CC)CC)C(=O)N1CC(F)(F)F. The van der Waals surface area contributed by atoms with E-state index < -0.39 is 30.5 Å². The standard InChI is InChI=1S/C29H43F4N5O/c1-8-13-20(5)36-37-22(7)19(4)16-23(9-2)25(34)17-35-26-15-12-11-14-24(21(6)30)27(10-3)38(28(26)39)18-29(31,32)33/h10,13,16-17,23,26,35-36H,3,6,8-9,11-12,14-15,18,34H2,1-2,4-5,7H3/b19-16+,20-13+,25-17-,27-24+,37-22-. The van der Waals surface area contributed by atoms with E-state index in [1.165, 1.54) is 6.20 Å². The van der Waals surface area contributed by atoms with Gasteiger partial charge in [-0.25, -0.2) is 4.39 Å². The lowest BCUT2D eigenvalue weighted by Gasteiger charge is -2.30. The van der Waals surface area contributed by atoms with Gasteiger partial charge in [0, 0.05) is 34.8 Å². The summed E-state index contributed by atoms with van der Waals surface area (Å²) >= 11 is 0. The molecule has 0 saturated carbocycles. The number of hydrazone groups is 1. The number of alkyl halides is 3. The molecule has 39 heavy (non-hydrogen) atoms. The third kappa shape index (κ3) is 11.1. The van der Waals surface area contributed by atoms with E-state index >= 15 is 0 Å². The Morgan fingerprint density at radius 1 is 1.26 bits per heavy atom. The number of rotatable bonds is 12. The number of nitrogens with one attached hydrogen (secondary N) is 2. The summed E-state index contributed by atoms with van der Waals surface area (Å²) in [6, 6.07) is -0.989. The van der Waals surface area contributed by atoms with Crippen molar-refractivity contribution in [3.8, 4) is 0 Å². The molecular weight excluding hydrogens is 510 g/mol. The highest BCUT2D eigenvalue weighted by Gasteiger charge is 2.38. The molecule has 0 saturated heterocycles. The van der Waals surface area contributed by atoms with Crippen LogP contribution in [0.2, 0.25) is 0 Å². The Bertz CT molecular complexity index is 1040. The van der Waals surface area contributed by atoms with Crippen molar-refractivity contribution in [3.05, 3.63) is 71.7 Å². The van der Waals surface area contributed by atoms with Crippen molar-refractivity contribution in [1.29, 1.82) is 0 Å². The van der Waals surface area contributed by atoms with Crippen LogP contribution in [0, 0.1) is 5.92 Å². The lowest BCUT2D eigenvalue weighted by atomic mass is 9.98. The number of amides is 1. The van der Waals surface area contributed by atoms with Gasteiger partial charge in [-0.05, 0) is 64.5 Å². The Hall–Kier alpha value is -3.30. The van der Waals surface area contributed by atoms with E-state index in [1.54, 1.807) is 0 Å². The molecule has 4 N–H and O–H groups in total. The monoisotopic (exact) mass is 553 g/mol. The van der Waals surface area contributed by atoms with Gasteiger partial charge in [0.1, 0.15) is 18.4 Å². The highest BCUT2D eigenvalue weighted by molar-refractivity contribution is 5.97. The first-order chi connectivity index (χ1) is 18.2. The van der Waals surface area contributed by atoms with Crippen LogP contribution in [0.3, 0.4) is 0 Å². The highest BCUT2D eigenvalue weighted by Crippen LogP contribution is 2.30. The topological polar surface area (TPSA) is 82.7 Å². The molecule has 0 aliphatic carbocycles. The average Bonchev–Trinajstić information content (AvgIpc) is 2.92. The minimum absolute atomic E-state index is 0.0446. The van der Waals surface area contributed by atoms with Crippen LogP contribution in [0.1, 0.15) is 73.1 Å². The molecule has 6 nitrogen and oxygen atoms in total. The maximum Gasteiger partial charge on any atom is 0.406 e. The molecular formula is C29H43F4N5O. The second-order valence-corrected chi connectivity index (χ2v) is 9.59. The van der Waals surface area contributed by atoms with Crippen LogP contribution < -0.4 is 16.5 Å². The minimum atomic E-state index is -4.70. The smallest absolute Gasteiger partial charge is 0.400 e. The molecule has 2 unspecified atom stereocenters. The van der Waals surface area contributed by atoms with Crippen LogP contribution in [-0.2, 0) is 4.79 Å². The second-order valence-electron chi connectivity index (χ2n) is 9.59. The van der Waals surface area contributed by atoms with Crippen LogP contribution >= 0.6 is 0 Å². The molecule has 0 bridgehead atoms. The van der Waals surface area contributed by atoms with Crippen LogP contribution in [-0.4, -0.2) is 35.3 Å². The number of hydrogen-bond acceptors (Lipinski definition) is 5. The Kier molecular flexibility index (Phi) is 13.8. The van der Waals surface area contributed by atoms with Gasteiger partial charge in [-0.15, -0.1) is 0 Å². The second kappa shape index (κ2) is 16.0. The third-order valence-electron chi connectivity index (χ3n) is 6.44. The van der Waals surface area contributed by atoms with Gasteiger partial charge in [-0.3, -0.25) is 10.2 Å². The summed E-state index contributed by atoms with van der Waals surface area (Å²) in [5.74, 6) is -1.91. The van der Waals surface area contributed by atoms with E-state index in [-0.39, 0.29) is 30.0 Å². The van der Waals surface area contributed by atoms with Crippen molar-refractivity contribution in [2.75, 3.05) is 6.54 Å². The summed E-state index contributed by atoms with van der Waals surface area (Å²) in [5, 5.41) is 7.33. The van der Waals surface area contributed by atoms with E-state index in [9.17, 15) is 22.4 Å². The normalized spacial score (nSPS) is 21.6. The van der Waals surface area contributed by atoms with Gasteiger partial charge < -0.3 is 16.0 Å². The predicted octanol–water partition coefficient (Wildman–Crippen LogP) is 6.88. The molecule has 0 aromatic rings. The van der Waals surface area contributed by atoms with Crippen molar-refractivity contribution in [2.45, 2.75) is 85.4 Å². The fourth-order valence-electron chi connectivity index (χ4n) is 4.16. The Labute approximate surface area is 230 Å². The number of hydrogen-bond donors (Lipinski definition) is 3. The van der Waals surface area contributed by atoms with E-state index in [4.69, 9.17) is 5.73 Å². The fraction of sp³-hybridized carbons (Fsp3) is 0.517. The lowest BCUT2D eigenvalue weighted by Crippen LogP contribution is -2.47. The van der Waals surface area contributed by atoms with Crippen molar-refractivity contribution in [1.82, 2.24) is 15.6 Å². The Morgan fingerprint density at radius 2 is 1.92 bits per heavy atom. The predicted molar refractivity (Wildman–Crippen MR) is 151 cm³/mol. The van der Waals surface area contributed by atoms with Gasteiger partial charge in [0.05, 0.1) is 5.71 Å². The molecule has 1 aliphatic heterocycles. The van der Waals surface area contributed by atoms with E-state index in [2.05, 4.69) is 29.0 Å². The zero-order chi connectivity index (χ0) is 29.8. The summed E-state index contributed by atoms with van der Waals surface area (Å²) < 4.78 is 54.6. The van der Waals surface area contributed by atoms with Crippen molar-refractivity contribution in [2.24, 2.45) is 16.8 Å². The van der Waals surface area contributed by atoms with Crippen LogP contribution in [0.5, 0.6) is 0 Å². The van der Waals surface area contributed by atoms with Crippen molar-refractivity contribution >= 4 is 11.6 Å². The van der Waals surface area contributed by atoms with Gasteiger partial charge in [0.25, 0.3) is 0 Å². The maximum absolute atomic E-state index is 14.2. The molecule has 0 fully saturated rings. The Morgan fingerprint density at radius 3 is 2.46 bits per heavy atom. The molecule has 218 valence electrons. The average molecular weight is 554 g/mol. The highest BCUT2D eigenvalue weighted by atomic mass is 19.4. The molecule has 0 aromatic carbocycles. The molecule has 10 heteroatoms. The zero-order valence-corrected chi connectivity index (χ0v) is 23.7. The molecule has 2 atom stereocenters. The number of halogens is 4. The van der Waals surface area contributed by atoms with Gasteiger partial charge >= 0.3 is 6.18 Å². The van der Waals surface area contributed by atoms with Crippen molar-refractivity contribution < 1.29 is 22.4 Å². The van der Waals surface area contributed by atoms with E-state index in [1.807, 2.05) is 46.8 Å². The Balaban J connectivity index is 3.26. The quantitative estimate of drug-likeness (QED) is 0.140. The first-order valence-corrected chi connectivity index (χ1v) is 13.2. The maximum atomic E-state index is 14.2. The number of nitrogens with zero attached hydrogens (tertiary/aromatic N) is 2. The molecule has 0 aromatic heterocycles. The molecule has 0 radical (unpaired) electrons. The van der Waals surface area contributed by atoms with E-state index in [0.29, 0.717) is 29.9 Å². The number of carbonyl (C=O) groups excluding carboxylic acids is 1. The number of nitrogens with two attached hydrogens (primary N) is 1. The van der Waals surface area contributed by atoms with Gasteiger partial charge in [0.15, 0.2) is 0 Å². The first kappa shape index (κ1) is 33.7. The van der Waals surface area contributed by atoms with Gasteiger partial charge in [-0.1, -0.05) is 45.6 Å². The number of allylic oxidation sites excluding steroid dienone is 7. The summed E-state index contributed by atoms with van der Waals surface area (Å²) in [7, 11) is 0. The fourth-order valence-corrected chi connectivity index (χ4v) is 4.16. The molecule has 1 amide bonds. The molecule has 1 rings (SSSR count). The summed E-state index contributed by atoms with van der Waals surface area (Å²) in [6.45, 7) is 14.9. The first-order valence-electron chi connectivity index (χ1n) is 13.2. The number of carbonyl (C=O) groups is 1. The van der Waals surface area contributed by atoms with E-state index in [0.717, 1.165) is 29.5 Å². The molecule has 1 heterocycles. The lowest BCUT2D eigenvalue weighted by molar-refractivity contribution is -0.158. The van der Waals surface area contributed by atoms with Gasteiger partial charge in [-0.2, -0.15) is 18.3 Å². The largest absolute Gasteiger partial charge is 0.406 e. The van der Waals surface area contributed by atoms with Crippen LogP contribution in [0.25, 0.3) is 0 Å². The summed E-state index contributed by atoms with van der Waals surface area (Å²) in [6.07, 6.45) is 4.75. The minimum Gasteiger partial charge on any atom is -0.400 e. The summed E-state index contributed by atoms with van der Waals surface area (Å²) in [4.78, 5) is 13.9. The van der Waals surface area contributed by atoms with Crippen molar-refractivity contribution in [3.63, 3.8) is 0 Å². The molecule has 1 aliphatic rings. The summed E-state index contributed by atoms with van der Waals surface area (Å²) in [5.41, 5.74) is 12.1. The van der Waals surface area contributed by atoms with Gasteiger partial charge in [0.2, 0.25) is 5.91 Å². The van der Waals surface area contributed by atoms with Crippen LogP contribution in [0.15, 0.2) is 76.8 Å². The third-order valence-corrected chi connectivity index (χ3v) is 6.44. The van der Waals surface area contributed by atoms with Crippen LogP contribution in [0.4, 0.5) is 17.6 Å². The zero-order valence-electron chi connectivity index (χ0n) is 23.7. The molecule has 0 spiro atoms.